The Bertz CT molecular complexity index is 433. The SMILES string of the molecule is COc1cccc(NS(=O)(=O)NCCN)c1. The lowest BCUT2D eigenvalue weighted by Crippen LogP contribution is -2.33. The molecule has 0 aliphatic heterocycles. The van der Waals surface area contributed by atoms with Crippen molar-refractivity contribution in [1.82, 2.24) is 4.72 Å². The number of nitrogens with two attached hydrogens (primary N) is 1. The molecule has 1 aromatic carbocycles. The molecule has 7 heteroatoms. The van der Waals surface area contributed by atoms with Crippen molar-refractivity contribution >= 4 is 15.9 Å². The first-order valence-electron chi connectivity index (χ1n) is 4.69. The maximum Gasteiger partial charge on any atom is 0.299 e. The van der Waals surface area contributed by atoms with Gasteiger partial charge in [0.25, 0.3) is 10.2 Å². The fraction of sp³-hybridized carbons (Fsp3) is 0.333. The Morgan fingerprint density at radius 2 is 2.19 bits per heavy atom. The molecule has 0 radical (unpaired) electrons. The van der Waals surface area contributed by atoms with E-state index in [0.29, 0.717) is 11.4 Å². The van der Waals surface area contributed by atoms with Crippen molar-refractivity contribution in [3.8, 4) is 5.75 Å². The highest BCUT2D eigenvalue weighted by Crippen LogP contribution is 2.17. The van der Waals surface area contributed by atoms with Crippen LogP contribution in [-0.4, -0.2) is 28.6 Å². The van der Waals surface area contributed by atoms with Crippen molar-refractivity contribution in [1.29, 1.82) is 0 Å². The Morgan fingerprint density at radius 1 is 1.44 bits per heavy atom. The van der Waals surface area contributed by atoms with E-state index in [1.54, 1.807) is 24.3 Å². The van der Waals surface area contributed by atoms with Gasteiger partial charge in [0, 0.05) is 19.2 Å². The van der Waals surface area contributed by atoms with Crippen molar-refractivity contribution in [2.45, 2.75) is 0 Å². The van der Waals surface area contributed by atoms with Gasteiger partial charge in [-0.2, -0.15) is 13.1 Å². The topological polar surface area (TPSA) is 93.4 Å². The molecule has 90 valence electrons. The van der Waals surface area contributed by atoms with Crippen LogP contribution in [0.4, 0.5) is 5.69 Å². The van der Waals surface area contributed by atoms with Crippen LogP contribution in [0, 0.1) is 0 Å². The van der Waals surface area contributed by atoms with E-state index in [4.69, 9.17) is 10.5 Å². The molecule has 0 unspecified atom stereocenters. The van der Waals surface area contributed by atoms with E-state index < -0.39 is 10.2 Å². The highest BCUT2D eigenvalue weighted by Gasteiger charge is 2.08. The lowest BCUT2D eigenvalue weighted by molar-refractivity contribution is 0.415. The third-order valence-corrected chi connectivity index (χ3v) is 2.85. The number of benzene rings is 1. The van der Waals surface area contributed by atoms with Gasteiger partial charge in [-0.3, -0.25) is 4.72 Å². The van der Waals surface area contributed by atoms with Crippen molar-refractivity contribution in [2.24, 2.45) is 5.73 Å². The summed E-state index contributed by atoms with van der Waals surface area (Å²) < 4.78 is 32.5. The number of methoxy groups -OCH3 is 1. The number of ether oxygens (including phenoxy) is 1. The van der Waals surface area contributed by atoms with Crippen LogP contribution in [0.25, 0.3) is 0 Å². The van der Waals surface area contributed by atoms with Gasteiger partial charge in [-0.05, 0) is 12.1 Å². The predicted octanol–water partition coefficient (Wildman–Crippen LogP) is -0.0998. The van der Waals surface area contributed by atoms with Crippen molar-refractivity contribution in [3.63, 3.8) is 0 Å². The van der Waals surface area contributed by atoms with Crippen LogP contribution in [-0.2, 0) is 10.2 Å². The van der Waals surface area contributed by atoms with Gasteiger partial charge in [-0.1, -0.05) is 6.07 Å². The zero-order valence-electron chi connectivity index (χ0n) is 8.93. The molecule has 4 N–H and O–H groups in total. The molecule has 0 spiro atoms. The van der Waals surface area contributed by atoms with Crippen LogP contribution in [0.2, 0.25) is 0 Å². The second-order valence-electron chi connectivity index (χ2n) is 3.02. The lowest BCUT2D eigenvalue weighted by atomic mass is 10.3. The minimum Gasteiger partial charge on any atom is -0.497 e. The highest BCUT2D eigenvalue weighted by atomic mass is 32.2. The Morgan fingerprint density at radius 3 is 2.81 bits per heavy atom. The molecular formula is C9H15N3O3S. The van der Waals surface area contributed by atoms with Gasteiger partial charge in [-0.15, -0.1) is 0 Å². The van der Waals surface area contributed by atoms with Gasteiger partial charge in [0.05, 0.1) is 12.8 Å². The standard InChI is InChI=1S/C9H15N3O3S/c1-15-9-4-2-3-8(7-9)12-16(13,14)11-6-5-10/h2-4,7,11-12H,5-6,10H2,1H3. The van der Waals surface area contributed by atoms with Gasteiger partial charge in [0.15, 0.2) is 0 Å². The van der Waals surface area contributed by atoms with Gasteiger partial charge >= 0.3 is 0 Å². The van der Waals surface area contributed by atoms with Crippen molar-refractivity contribution in [3.05, 3.63) is 24.3 Å². The summed E-state index contributed by atoms with van der Waals surface area (Å²) in [5, 5.41) is 0. The maximum atomic E-state index is 11.4. The molecule has 16 heavy (non-hydrogen) atoms. The van der Waals surface area contributed by atoms with Crippen LogP contribution in [0.5, 0.6) is 5.75 Å². The minimum absolute atomic E-state index is 0.194. The molecule has 0 fully saturated rings. The first-order chi connectivity index (χ1) is 7.57. The summed E-state index contributed by atoms with van der Waals surface area (Å²) in [5.74, 6) is 0.582. The summed E-state index contributed by atoms with van der Waals surface area (Å²) in [6.07, 6.45) is 0. The van der Waals surface area contributed by atoms with Crippen LogP contribution < -0.4 is 19.9 Å². The first kappa shape index (κ1) is 12.8. The van der Waals surface area contributed by atoms with Crippen LogP contribution >= 0.6 is 0 Å². The third kappa shape index (κ3) is 4.05. The normalized spacial score (nSPS) is 11.1. The summed E-state index contributed by atoms with van der Waals surface area (Å²) in [6, 6.07) is 6.64. The first-order valence-corrected chi connectivity index (χ1v) is 6.17. The van der Waals surface area contributed by atoms with Crippen LogP contribution in [0.1, 0.15) is 0 Å². The van der Waals surface area contributed by atoms with E-state index in [-0.39, 0.29) is 13.1 Å². The summed E-state index contributed by atoms with van der Waals surface area (Å²) in [5.41, 5.74) is 5.63. The molecule has 0 heterocycles. The Hall–Kier alpha value is -1.31. The number of rotatable bonds is 6. The number of anilines is 1. The van der Waals surface area contributed by atoms with Gasteiger partial charge in [-0.25, -0.2) is 0 Å². The molecule has 1 rings (SSSR count). The zero-order valence-corrected chi connectivity index (χ0v) is 9.75. The quantitative estimate of drug-likeness (QED) is 0.652. The second kappa shape index (κ2) is 5.69. The minimum atomic E-state index is -3.56. The number of hydrogen-bond donors (Lipinski definition) is 3. The number of hydrogen-bond acceptors (Lipinski definition) is 4. The Balaban J connectivity index is 2.72. The lowest BCUT2D eigenvalue weighted by Gasteiger charge is -2.09. The molecule has 0 aliphatic rings. The van der Waals surface area contributed by atoms with E-state index in [2.05, 4.69) is 9.44 Å². The fourth-order valence-corrected chi connectivity index (χ4v) is 1.97. The second-order valence-corrected chi connectivity index (χ2v) is 4.52. The molecule has 0 aliphatic carbocycles. The molecule has 0 aromatic heterocycles. The highest BCUT2D eigenvalue weighted by molar-refractivity contribution is 7.90. The van der Waals surface area contributed by atoms with Crippen LogP contribution in [0.3, 0.4) is 0 Å². The van der Waals surface area contributed by atoms with Crippen LogP contribution in [0.15, 0.2) is 24.3 Å². The monoisotopic (exact) mass is 245 g/mol. The van der Waals surface area contributed by atoms with Gasteiger partial charge in [0.2, 0.25) is 0 Å². The Kier molecular flexibility index (Phi) is 4.53. The van der Waals surface area contributed by atoms with E-state index >= 15 is 0 Å². The summed E-state index contributed by atoms with van der Waals surface area (Å²) in [4.78, 5) is 0. The van der Waals surface area contributed by atoms with E-state index in [0.717, 1.165) is 0 Å². The maximum absolute atomic E-state index is 11.4. The summed E-state index contributed by atoms with van der Waals surface area (Å²) in [6.45, 7) is 0.443. The van der Waals surface area contributed by atoms with E-state index in [1.807, 2.05) is 0 Å². The third-order valence-electron chi connectivity index (χ3n) is 1.76. The van der Waals surface area contributed by atoms with E-state index in [1.165, 1.54) is 7.11 Å². The predicted molar refractivity (Wildman–Crippen MR) is 62.6 cm³/mol. The summed E-state index contributed by atoms with van der Waals surface area (Å²) >= 11 is 0. The molecule has 1 aromatic rings. The molecule has 0 bridgehead atoms. The molecule has 0 saturated carbocycles. The van der Waals surface area contributed by atoms with Gasteiger partial charge < -0.3 is 10.5 Å². The molecule has 0 amide bonds. The van der Waals surface area contributed by atoms with E-state index in [9.17, 15) is 8.42 Å². The summed E-state index contributed by atoms with van der Waals surface area (Å²) in [7, 11) is -2.04. The van der Waals surface area contributed by atoms with Crippen molar-refractivity contribution < 1.29 is 13.2 Å². The van der Waals surface area contributed by atoms with Gasteiger partial charge in [0.1, 0.15) is 5.75 Å². The smallest absolute Gasteiger partial charge is 0.299 e. The molecule has 0 atom stereocenters. The Labute approximate surface area is 95.0 Å². The average Bonchev–Trinajstić information content (AvgIpc) is 2.26. The molecule has 6 nitrogen and oxygen atoms in total. The average molecular weight is 245 g/mol. The van der Waals surface area contributed by atoms with Crippen molar-refractivity contribution in [2.75, 3.05) is 24.9 Å². The molecular weight excluding hydrogens is 230 g/mol. The fourth-order valence-electron chi connectivity index (χ4n) is 1.07. The molecule has 0 saturated heterocycles. The number of nitrogens with one attached hydrogen (secondary N) is 2. The largest absolute Gasteiger partial charge is 0.497 e. The zero-order chi connectivity index (χ0) is 12.0.